The standard InChI is InChI=1S/C10H12FNO/c11-9-4-2-1-3-7(9)8-5-12-6-10(8)13/h1-4,8,10,12-13H,5-6H2. The summed E-state index contributed by atoms with van der Waals surface area (Å²) >= 11 is 0. The van der Waals surface area contributed by atoms with Gasteiger partial charge in [0.25, 0.3) is 0 Å². The molecule has 2 atom stereocenters. The Hall–Kier alpha value is -0.930. The van der Waals surface area contributed by atoms with Gasteiger partial charge in [-0.15, -0.1) is 0 Å². The van der Waals surface area contributed by atoms with Gasteiger partial charge in [-0.25, -0.2) is 4.39 Å². The molecule has 0 aliphatic carbocycles. The highest BCUT2D eigenvalue weighted by atomic mass is 19.1. The van der Waals surface area contributed by atoms with E-state index in [0.717, 1.165) is 0 Å². The zero-order valence-corrected chi connectivity index (χ0v) is 7.20. The molecular formula is C10H12FNO. The molecule has 0 spiro atoms. The highest BCUT2D eigenvalue weighted by Crippen LogP contribution is 2.24. The lowest BCUT2D eigenvalue weighted by molar-refractivity contribution is 0.176. The predicted molar refractivity (Wildman–Crippen MR) is 48.0 cm³/mol. The second-order valence-corrected chi connectivity index (χ2v) is 3.35. The molecule has 1 aliphatic rings. The average molecular weight is 181 g/mol. The molecule has 0 saturated carbocycles. The van der Waals surface area contributed by atoms with Crippen LogP contribution in [0.1, 0.15) is 11.5 Å². The fraction of sp³-hybridized carbons (Fsp3) is 0.400. The smallest absolute Gasteiger partial charge is 0.126 e. The van der Waals surface area contributed by atoms with E-state index in [2.05, 4.69) is 5.32 Å². The Balaban J connectivity index is 2.29. The number of hydrogen-bond donors (Lipinski definition) is 2. The molecule has 2 N–H and O–H groups in total. The highest BCUT2D eigenvalue weighted by molar-refractivity contribution is 5.24. The molecule has 3 heteroatoms. The van der Waals surface area contributed by atoms with Crippen molar-refractivity contribution >= 4 is 0 Å². The normalized spacial score (nSPS) is 27.8. The SMILES string of the molecule is OC1CNCC1c1ccccc1F. The molecule has 2 nitrogen and oxygen atoms in total. The zero-order valence-electron chi connectivity index (χ0n) is 7.20. The number of halogens is 1. The van der Waals surface area contributed by atoms with Crippen molar-refractivity contribution < 1.29 is 9.50 Å². The summed E-state index contributed by atoms with van der Waals surface area (Å²) in [7, 11) is 0. The molecule has 1 aromatic carbocycles. The molecule has 13 heavy (non-hydrogen) atoms. The van der Waals surface area contributed by atoms with E-state index < -0.39 is 6.10 Å². The molecule has 2 rings (SSSR count). The van der Waals surface area contributed by atoms with Crippen LogP contribution in [0.5, 0.6) is 0 Å². The number of aliphatic hydroxyl groups excluding tert-OH is 1. The van der Waals surface area contributed by atoms with Gasteiger partial charge in [0.1, 0.15) is 5.82 Å². The minimum absolute atomic E-state index is 0.0961. The summed E-state index contributed by atoms with van der Waals surface area (Å²) in [6.45, 7) is 1.21. The van der Waals surface area contributed by atoms with Crippen molar-refractivity contribution in [3.05, 3.63) is 35.6 Å². The Bertz CT molecular complexity index is 303. The Labute approximate surface area is 76.4 Å². The third-order valence-corrected chi connectivity index (χ3v) is 2.49. The highest BCUT2D eigenvalue weighted by Gasteiger charge is 2.28. The van der Waals surface area contributed by atoms with Crippen LogP contribution in [0.15, 0.2) is 24.3 Å². The van der Waals surface area contributed by atoms with Gasteiger partial charge in [-0.1, -0.05) is 18.2 Å². The monoisotopic (exact) mass is 181 g/mol. The third-order valence-electron chi connectivity index (χ3n) is 2.49. The Kier molecular flexibility index (Phi) is 2.29. The van der Waals surface area contributed by atoms with Gasteiger partial charge in [-0.2, -0.15) is 0 Å². The minimum Gasteiger partial charge on any atom is -0.391 e. The van der Waals surface area contributed by atoms with Crippen molar-refractivity contribution in [2.24, 2.45) is 0 Å². The van der Waals surface area contributed by atoms with Crippen LogP contribution in [-0.2, 0) is 0 Å². The molecule has 0 amide bonds. The second-order valence-electron chi connectivity index (χ2n) is 3.35. The Morgan fingerprint density at radius 1 is 1.31 bits per heavy atom. The van der Waals surface area contributed by atoms with Crippen molar-refractivity contribution in [3.63, 3.8) is 0 Å². The summed E-state index contributed by atoms with van der Waals surface area (Å²) in [5.41, 5.74) is 0.611. The van der Waals surface area contributed by atoms with E-state index in [9.17, 15) is 9.50 Å². The number of rotatable bonds is 1. The van der Waals surface area contributed by atoms with Crippen LogP contribution in [0.2, 0.25) is 0 Å². The molecule has 2 unspecified atom stereocenters. The van der Waals surface area contributed by atoms with Gasteiger partial charge in [0.15, 0.2) is 0 Å². The summed E-state index contributed by atoms with van der Waals surface area (Å²) in [4.78, 5) is 0. The maximum Gasteiger partial charge on any atom is 0.126 e. The van der Waals surface area contributed by atoms with E-state index >= 15 is 0 Å². The summed E-state index contributed by atoms with van der Waals surface area (Å²) in [5.74, 6) is -0.323. The van der Waals surface area contributed by atoms with Gasteiger partial charge in [0, 0.05) is 19.0 Å². The van der Waals surface area contributed by atoms with Crippen molar-refractivity contribution in [1.82, 2.24) is 5.32 Å². The minimum atomic E-state index is -0.461. The lowest BCUT2D eigenvalue weighted by Crippen LogP contribution is -2.16. The van der Waals surface area contributed by atoms with Gasteiger partial charge >= 0.3 is 0 Å². The second kappa shape index (κ2) is 3.44. The molecule has 0 aromatic heterocycles. The first kappa shape index (κ1) is 8.66. The molecule has 0 bridgehead atoms. The number of benzene rings is 1. The fourth-order valence-electron chi connectivity index (χ4n) is 1.76. The maximum absolute atomic E-state index is 13.3. The van der Waals surface area contributed by atoms with Crippen LogP contribution in [0.4, 0.5) is 4.39 Å². The predicted octanol–water partition coefficient (Wildman–Crippen LogP) is 0.873. The van der Waals surface area contributed by atoms with E-state index in [0.29, 0.717) is 18.7 Å². The molecular weight excluding hydrogens is 169 g/mol. The summed E-state index contributed by atoms with van der Waals surface area (Å²) in [6.07, 6.45) is -0.461. The number of hydrogen-bond acceptors (Lipinski definition) is 2. The summed E-state index contributed by atoms with van der Waals surface area (Å²) < 4.78 is 13.3. The first-order valence-corrected chi connectivity index (χ1v) is 4.42. The topological polar surface area (TPSA) is 32.3 Å². The number of β-amino-alcohol motifs (C(OH)–C–C–N with tert-alkyl or cyclic N) is 1. The largest absolute Gasteiger partial charge is 0.391 e. The third kappa shape index (κ3) is 1.57. The molecule has 1 heterocycles. The van der Waals surface area contributed by atoms with Crippen molar-refractivity contribution in [2.45, 2.75) is 12.0 Å². The molecule has 1 saturated heterocycles. The molecule has 0 radical (unpaired) electrons. The van der Waals surface area contributed by atoms with E-state index in [4.69, 9.17) is 0 Å². The first-order chi connectivity index (χ1) is 6.29. The zero-order chi connectivity index (χ0) is 9.26. The molecule has 1 aromatic rings. The Morgan fingerprint density at radius 3 is 2.69 bits per heavy atom. The van der Waals surface area contributed by atoms with Crippen molar-refractivity contribution in [1.29, 1.82) is 0 Å². The van der Waals surface area contributed by atoms with Crippen LogP contribution in [-0.4, -0.2) is 24.3 Å². The molecule has 1 fully saturated rings. The van der Waals surface area contributed by atoms with Crippen LogP contribution in [0, 0.1) is 5.82 Å². The number of nitrogens with one attached hydrogen (secondary N) is 1. The summed E-state index contributed by atoms with van der Waals surface area (Å²) in [6, 6.07) is 6.62. The van der Waals surface area contributed by atoms with Gasteiger partial charge < -0.3 is 10.4 Å². The van der Waals surface area contributed by atoms with Crippen LogP contribution < -0.4 is 5.32 Å². The van der Waals surface area contributed by atoms with E-state index in [-0.39, 0.29) is 11.7 Å². The maximum atomic E-state index is 13.3. The fourth-order valence-corrected chi connectivity index (χ4v) is 1.76. The van der Waals surface area contributed by atoms with Gasteiger partial charge in [-0.3, -0.25) is 0 Å². The lowest BCUT2D eigenvalue weighted by Gasteiger charge is -2.13. The van der Waals surface area contributed by atoms with Gasteiger partial charge in [0.2, 0.25) is 0 Å². The molecule has 1 aliphatic heterocycles. The van der Waals surface area contributed by atoms with Gasteiger partial charge in [0.05, 0.1) is 6.10 Å². The summed E-state index contributed by atoms with van der Waals surface area (Å²) in [5, 5.41) is 12.6. The van der Waals surface area contributed by atoms with Crippen LogP contribution in [0.25, 0.3) is 0 Å². The number of aliphatic hydroxyl groups is 1. The van der Waals surface area contributed by atoms with Gasteiger partial charge in [-0.05, 0) is 11.6 Å². The van der Waals surface area contributed by atoms with E-state index in [1.54, 1.807) is 18.2 Å². The van der Waals surface area contributed by atoms with E-state index in [1.165, 1.54) is 6.07 Å². The quantitative estimate of drug-likeness (QED) is 0.674. The lowest BCUT2D eigenvalue weighted by atomic mass is 9.96. The van der Waals surface area contributed by atoms with Crippen LogP contribution >= 0.6 is 0 Å². The van der Waals surface area contributed by atoms with Crippen molar-refractivity contribution in [3.8, 4) is 0 Å². The Morgan fingerprint density at radius 2 is 2.08 bits per heavy atom. The average Bonchev–Trinajstić information content (AvgIpc) is 2.52. The van der Waals surface area contributed by atoms with Crippen LogP contribution in [0.3, 0.4) is 0 Å². The molecule has 70 valence electrons. The first-order valence-electron chi connectivity index (χ1n) is 4.42. The van der Waals surface area contributed by atoms with E-state index in [1.807, 2.05) is 0 Å². The van der Waals surface area contributed by atoms with Crippen molar-refractivity contribution in [2.75, 3.05) is 13.1 Å².